The van der Waals surface area contributed by atoms with Crippen LogP contribution < -0.4 is 5.32 Å². The molecule has 0 unspecified atom stereocenters. The number of hydrogen-bond donors (Lipinski definition) is 1. The Kier molecular flexibility index (Phi) is 4.65. The molecule has 1 aliphatic heterocycles. The predicted octanol–water partition coefficient (Wildman–Crippen LogP) is 2.73. The van der Waals surface area contributed by atoms with Crippen LogP contribution in [-0.4, -0.2) is 39.0 Å². The van der Waals surface area contributed by atoms with Crippen molar-refractivity contribution in [3.63, 3.8) is 0 Å². The number of aromatic nitrogens is 3. The number of piperidine rings is 1. The van der Waals surface area contributed by atoms with Gasteiger partial charge in [0, 0.05) is 37.9 Å². The molecule has 2 aromatic heterocycles. The lowest BCUT2D eigenvalue weighted by Crippen LogP contribution is -2.44. The van der Waals surface area contributed by atoms with Gasteiger partial charge < -0.3 is 9.84 Å². The summed E-state index contributed by atoms with van der Waals surface area (Å²) in [6.07, 6.45) is 7.21. The number of rotatable bonds is 6. The first kappa shape index (κ1) is 16.8. The van der Waals surface area contributed by atoms with Crippen molar-refractivity contribution in [2.24, 2.45) is 13.0 Å². The smallest absolute Gasteiger partial charge is 0.138 e. The van der Waals surface area contributed by atoms with Crippen LogP contribution in [0, 0.1) is 19.8 Å². The predicted molar refractivity (Wildman–Crippen MR) is 96.1 cm³/mol. The molecular formula is C19H29N5O. The third kappa shape index (κ3) is 3.37. The summed E-state index contributed by atoms with van der Waals surface area (Å²) < 4.78 is 7.34. The third-order valence-electron chi connectivity index (χ3n) is 5.86. The summed E-state index contributed by atoms with van der Waals surface area (Å²) in [5, 5.41) is 12.2. The summed E-state index contributed by atoms with van der Waals surface area (Å²) >= 11 is 0. The maximum atomic E-state index is 5.28. The van der Waals surface area contributed by atoms with E-state index in [1.807, 2.05) is 20.0 Å². The number of nitrogens with zero attached hydrogens (tertiary/aromatic N) is 4. The fourth-order valence-corrected chi connectivity index (χ4v) is 4.36. The van der Waals surface area contributed by atoms with Gasteiger partial charge in [0.1, 0.15) is 5.76 Å². The number of hydrogen-bond acceptors (Lipinski definition) is 5. The minimum absolute atomic E-state index is 0.478. The average molecular weight is 343 g/mol. The first-order valence-electron chi connectivity index (χ1n) is 9.51. The molecule has 0 bridgehead atoms. The van der Waals surface area contributed by atoms with E-state index < -0.39 is 0 Å². The molecule has 1 saturated carbocycles. The quantitative estimate of drug-likeness (QED) is 0.874. The van der Waals surface area contributed by atoms with E-state index in [2.05, 4.69) is 38.3 Å². The highest BCUT2D eigenvalue weighted by atomic mass is 16.5. The van der Waals surface area contributed by atoms with Gasteiger partial charge in [-0.3, -0.25) is 9.58 Å². The normalized spacial score (nSPS) is 24.8. The van der Waals surface area contributed by atoms with Crippen LogP contribution in [-0.2, 0) is 13.6 Å². The van der Waals surface area contributed by atoms with E-state index in [1.165, 1.54) is 43.5 Å². The van der Waals surface area contributed by atoms with Gasteiger partial charge in [-0.25, -0.2) is 0 Å². The van der Waals surface area contributed by atoms with E-state index in [9.17, 15) is 0 Å². The summed E-state index contributed by atoms with van der Waals surface area (Å²) in [5.41, 5.74) is 3.55. The summed E-state index contributed by atoms with van der Waals surface area (Å²) in [4.78, 5) is 2.74. The molecule has 1 N–H and O–H groups in total. The molecule has 0 spiro atoms. The maximum Gasteiger partial charge on any atom is 0.138 e. The molecule has 0 aromatic carbocycles. The zero-order chi connectivity index (χ0) is 17.4. The van der Waals surface area contributed by atoms with Gasteiger partial charge in [0.05, 0.1) is 17.4 Å². The van der Waals surface area contributed by atoms with Crippen LogP contribution in [0.4, 0.5) is 0 Å². The van der Waals surface area contributed by atoms with Crippen molar-refractivity contribution in [1.82, 2.24) is 25.2 Å². The molecule has 1 saturated heterocycles. The highest BCUT2D eigenvalue weighted by Gasteiger charge is 2.41. The molecule has 136 valence electrons. The van der Waals surface area contributed by atoms with Gasteiger partial charge in [-0.1, -0.05) is 5.16 Å². The summed E-state index contributed by atoms with van der Waals surface area (Å²) in [6, 6.07) is 3.46. The molecule has 2 aliphatic rings. The number of aryl methyl sites for hydroxylation is 3. The van der Waals surface area contributed by atoms with Gasteiger partial charge in [0.25, 0.3) is 0 Å². The molecule has 3 heterocycles. The lowest BCUT2D eigenvalue weighted by Gasteiger charge is -2.42. The maximum absolute atomic E-state index is 5.28. The highest BCUT2D eigenvalue weighted by molar-refractivity contribution is 5.20. The van der Waals surface area contributed by atoms with Crippen molar-refractivity contribution in [2.45, 2.75) is 58.2 Å². The second-order valence-corrected chi connectivity index (χ2v) is 7.63. The zero-order valence-electron chi connectivity index (χ0n) is 15.5. The van der Waals surface area contributed by atoms with Crippen LogP contribution in [0.1, 0.15) is 54.4 Å². The van der Waals surface area contributed by atoms with Crippen molar-refractivity contribution >= 4 is 0 Å². The Hall–Kier alpha value is -1.66. The van der Waals surface area contributed by atoms with Crippen molar-refractivity contribution in [3.05, 3.63) is 35.0 Å². The average Bonchev–Trinajstić information content (AvgIpc) is 3.30. The molecule has 2 atom stereocenters. The SMILES string of the molecule is Cc1noc(C)c1CNC[C@@H]1CCCN(C2CC2)[C@H]1c1ccnn1C. The molecule has 0 radical (unpaired) electrons. The van der Waals surface area contributed by atoms with Gasteiger partial charge in [0.15, 0.2) is 0 Å². The minimum atomic E-state index is 0.478. The summed E-state index contributed by atoms with van der Waals surface area (Å²) in [7, 11) is 2.07. The van der Waals surface area contributed by atoms with Gasteiger partial charge in [-0.05, 0) is 58.1 Å². The fourth-order valence-electron chi connectivity index (χ4n) is 4.36. The first-order valence-corrected chi connectivity index (χ1v) is 9.51. The van der Waals surface area contributed by atoms with E-state index in [0.717, 1.165) is 30.6 Å². The van der Waals surface area contributed by atoms with Gasteiger partial charge in [-0.15, -0.1) is 0 Å². The van der Waals surface area contributed by atoms with Crippen molar-refractivity contribution in [3.8, 4) is 0 Å². The molecule has 0 amide bonds. The topological polar surface area (TPSA) is 59.1 Å². The Bertz CT molecular complexity index is 698. The van der Waals surface area contributed by atoms with E-state index in [4.69, 9.17) is 4.52 Å². The highest BCUT2D eigenvalue weighted by Crippen LogP contribution is 2.42. The molecule has 2 aromatic rings. The van der Waals surface area contributed by atoms with Crippen molar-refractivity contribution in [1.29, 1.82) is 0 Å². The van der Waals surface area contributed by atoms with Gasteiger partial charge in [-0.2, -0.15) is 5.10 Å². The van der Waals surface area contributed by atoms with Crippen LogP contribution in [0.25, 0.3) is 0 Å². The molecule has 1 aliphatic carbocycles. The largest absolute Gasteiger partial charge is 0.361 e. The van der Waals surface area contributed by atoms with Crippen LogP contribution in [0.15, 0.2) is 16.8 Å². The Morgan fingerprint density at radius 1 is 1.28 bits per heavy atom. The fraction of sp³-hybridized carbons (Fsp3) is 0.684. The molecule has 4 rings (SSSR count). The van der Waals surface area contributed by atoms with Crippen LogP contribution in [0.3, 0.4) is 0 Å². The minimum Gasteiger partial charge on any atom is -0.361 e. The van der Waals surface area contributed by atoms with Gasteiger partial charge >= 0.3 is 0 Å². The van der Waals surface area contributed by atoms with Crippen LogP contribution in [0.2, 0.25) is 0 Å². The summed E-state index contributed by atoms with van der Waals surface area (Å²) in [6.45, 7) is 7.08. The van der Waals surface area contributed by atoms with E-state index >= 15 is 0 Å². The number of nitrogens with one attached hydrogen (secondary N) is 1. The Labute approximate surface area is 149 Å². The zero-order valence-corrected chi connectivity index (χ0v) is 15.5. The molecule has 2 fully saturated rings. The molecule has 25 heavy (non-hydrogen) atoms. The van der Waals surface area contributed by atoms with Crippen molar-refractivity contribution < 1.29 is 4.52 Å². The first-order chi connectivity index (χ1) is 12.1. The van der Waals surface area contributed by atoms with Crippen LogP contribution >= 0.6 is 0 Å². The molecule has 6 heteroatoms. The van der Waals surface area contributed by atoms with E-state index in [-0.39, 0.29) is 0 Å². The Morgan fingerprint density at radius 3 is 2.76 bits per heavy atom. The second kappa shape index (κ2) is 6.92. The van der Waals surface area contributed by atoms with E-state index in [1.54, 1.807) is 0 Å². The van der Waals surface area contributed by atoms with Crippen LogP contribution in [0.5, 0.6) is 0 Å². The summed E-state index contributed by atoms with van der Waals surface area (Å²) in [5.74, 6) is 1.54. The number of likely N-dealkylation sites (tertiary alicyclic amines) is 1. The van der Waals surface area contributed by atoms with Crippen molar-refractivity contribution in [2.75, 3.05) is 13.1 Å². The second-order valence-electron chi connectivity index (χ2n) is 7.63. The molecule has 6 nitrogen and oxygen atoms in total. The lowest BCUT2D eigenvalue weighted by atomic mass is 9.86. The standard InChI is InChI=1S/C19H29N5O/c1-13-17(14(2)25-22-13)12-20-11-15-5-4-10-24(16-6-7-16)19(15)18-8-9-21-23(18)3/h8-9,15-16,19-20H,4-7,10-12H2,1-3H3/t15-,19+/m0/s1. The Morgan fingerprint density at radius 2 is 2.12 bits per heavy atom. The molecular weight excluding hydrogens is 314 g/mol. The lowest BCUT2D eigenvalue weighted by molar-refractivity contribution is 0.0777. The van der Waals surface area contributed by atoms with E-state index in [0.29, 0.717) is 12.0 Å². The third-order valence-corrected chi connectivity index (χ3v) is 5.86. The Balaban J connectivity index is 1.47. The monoisotopic (exact) mass is 343 g/mol. The van der Waals surface area contributed by atoms with Gasteiger partial charge in [0.2, 0.25) is 0 Å².